The van der Waals surface area contributed by atoms with E-state index in [2.05, 4.69) is 12.2 Å². The largest absolute Gasteiger partial charge is 0.489 e. The fourth-order valence-electron chi connectivity index (χ4n) is 1.64. The lowest BCUT2D eigenvalue weighted by atomic mass is 10.1. The van der Waals surface area contributed by atoms with Crippen molar-refractivity contribution >= 4 is 35.6 Å². The molecule has 104 valence electrons. The van der Waals surface area contributed by atoms with Gasteiger partial charge in [-0.05, 0) is 44.6 Å². The van der Waals surface area contributed by atoms with E-state index in [9.17, 15) is 0 Å². The summed E-state index contributed by atoms with van der Waals surface area (Å²) >= 11 is 11.9. The Labute approximate surface area is 125 Å². The van der Waals surface area contributed by atoms with Crippen LogP contribution < -0.4 is 10.1 Å². The number of nitrogens with one attached hydrogen (secondary N) is 1. The Morgan fingerprint density at radius 2 is 2.00 bits per heavy atom. The van der Waals surface area contributed by atoms with Crippen LogP contribution in [0, 0.1) is 0 Å². The maximum atomic E-state index is 6.08. The molecule has 1 atom stereocenters. The lowest BCUT2D eigenvalue weighted by Crippen LogP contribution is -2.22. The van der Waals surface area contributed by atoms with Crippen molar-refractivity contribution in [2.45, 2.75) is 32.3 Å². The van der Waals surface area contributed by atoms with Crippen molar-refractivity contribution in [3.05, 3.63) is 28.2 Å². The highest BCUT2D eigenvalue weighted by Gasteiger charge is 2.11. The summed E-state index contributed by atoms with van der Waals surface area (Å²) < 4.78 is 5.91. The molecule has 0 bridgehead atoms. The molecule has 5 heteroatoms. The van der Waals surface area contributed by atoms with Crippen LogP contribution in [0.25, 0.3) is 0 Å². The molecule has 0 amide bonds. The zero-order chi connectivity index (χ0) is 12.7. The summed E-state index contributed by atoms with van der Waals surface area (Å²) in [5, 5.41) is 4.33. The fraction of sp³-hybridized carbons (Fsp3) is 0.538. The molecule has 0 spiro atoms. The topological polar surface area (TPSA) is 21.3 Å². The zero-order valence-electron chi connectivity index (χ0n) is 10.7. The summed E-state index contributed by atoms with van der Waals surface area (Å²) in [7, 11) is 1.94. The van der Waals surface area contributed by atoms with Gasteiger partial charge in [-0.25, -0.2) is 0 Å². The number of ether oxygens (including phenoxy) is 1. The maximum Gasteiger partial charge on any atom is 0.138 e. The van der Waals surface area contributed by atoms with Crippen molar-refractivity contribution in [3.63, 3.8) is 0 Å². The van der Waals surface area contributed by atoms with Gasteiger partial charge in [0.25, 0.3) is 0 Å². The van der Waals surface area contributed by atoms with Crippen LogP contribution in [0.15, 0.2) is 18.2 Å². The van der Waals surface area contributed by atoms with Gasteiger partial charge in [-0.1, -0.05) is 36.5 Å². The smallest absolute Gasteiger partial charge is 0.138 e. The second-order valence-corrected chi connectivity index (χ2v) is 4.84. The van der Waals surface area contributed by atoms with Crippen LogP contribution in [0.4, 0.5) is 0 Å². The van der Waals surface area contributed by atoms with Crippen molar-refractivity contribution < 1.29 is 4.74 Å². The van der Waals surface area contributed by atoms with Crippen LogP contribution in [0.2, 0.25) is 10.0 Å². The number of halogens is 3. The predicted octanol–water partition coefficient (Wildman–Crippen LogP) is 4.57. The third-order valence-electron chi connectivity index (χ3n) is 2.51. The van der Waals surface area contributed by atoms with Gasteiger partial charge in [0, 0.05) is 5.02 Å². The molecule has 1 N–H and O–H groups in total. The average molecular weight is 313 g/mol. The number of benzene rings is 1. The summed E-state index contributed by atoms with van der Waals surface area (Å²) in [6.07, 6.45) is 3.30. The summed E-state index contributed by atoms with van der Waals surface area (Å²) in [6, 6.07) is 5.33. The van der Waals surface area contributed by atoms with Crippen molar-refractivity contribution in [2.75, 3.05) is 13.6 Å². The summed E-state index contributed by atoms with van der Waals surface area (Å²) in [6.45, 7) is 3.09. The van der Waals surface area contributed by atoms with E-state index < -0.39 is 0 Å². The molecule has 0 heterocycles. The standard InChI is InChI=1S/C13H19Cl2NO.ClH/c1-3-4-11(7-8-16-2)17-13-6-5-10(14)9-12(13)15;/h5-6,9,11,16H,3-4,7-8H2,1-2H3;1H. The van der Waals surface area contributed by atoms with E-state index in [1.54, 1.807) is 12.1 Å². The van der Waals surface area contributed by atoms with Crippen LogP contribution in [-0.2, 0) is 0 Å². The lowest BCUT2D eigenvalue weighted by Gasteiger charge is -2.19. The summed E-state index contributed by atoms with van der Waals surface area (Å²) in [4.78, 5) is 0. The first-order chi connectivity index (χ1) is 8.17. The number of hydrogen-bond acceptors (Lipinski definition) is 2. The second kappa shape index (κ2) is 9.74. The fourth-order valence-corrected chi connectivity index (χ4v) is 2.09. The highest BCUT2D eigenvalue weighted by atomic mass is 35.5. The Morgan fingerprint density at radius 1 is 1.28 bits per heavy atom. The Balaban J connectivity index is 0.00000289. The molecule has 0 saturated carbocycles. The molecule has 0 saturated heterocycles. The molecule has 0 aliphatic rings. The molecule has 0 radical (unpaired) electrons. The molecular formula is C13H20Cl3NO. The number of hydrogen-bond donors (Lipinski definition) is 1. The summed E-state index contributed by atoms with van der Waals surface area (Å²) in [5.74, 6) is 0.714. The molecule has 0 aliphatic carbocycles. The van der Waals surface area contributed by atoms with E-state index in [0.29, 0.717) is 15.8 Å². The molecule has 2 nitrogen and oxygen atoms in total. The van der Waals surface area contributed by atoms with Gasteiger partial charge in [-0.3, -0.25) is 0 Å². The van der Waals surface area contributed by atoms with E-state index in [-0.39, 0.29) is 18.5 Å². The SMILES string of the molecule is CCCC(CCNC)Oc1ccc(Cl)cc1Cl.Cl. The lowest BCUT2D eigenvalue weighted by molar-refractivity contribution is 0.180. The van der Waals surface area contributed by atoms with Crippen molar-refractivity contribution in [1.82, 2.24) is 5.32 Å². The van der Waals surface area contributed by atoms with E-state index in [0.717, 1.165) is 25.8 Å². The van der Waals surface area contributed by atoms with Crippen molar-refractivity contribution in [1.29, 1.82) is 0 Å². The van der Waals surface area contributed by atoms with Crippen LogP contribution in [0.3, 0.4) is 0 Å². The van der Waals surface area contributed by atoms with E-state index in [4.69, 9.17) is 27.9 Å². The number of rotatable bonds is 7. The monoisotopic (exact) mass is 311 g/mol. The van der Waals surface area contributed by atoms with Crippen molar-refractivity contribution in [3.8, 4) is 5.75 Å². The molecule has 0 fully saturated rings. The van der Waals surface area contributed by atoms with Gasteiger partial charge in [-0.2, -0.15) is 0 Å². The molecular weight excluding hydrogens is 293 g/mol. The van der Waals surface area contributed by atoms with Crippen LogP contribution >= 0.6 is 35.6 Å². The average Bonchev–Trinajstić information content (AvgIpc) is 2.29. The Hall–Kier alpha value is -0.150. The van der Waals surface area contributed by atoms with E-state index in [1.165, 1.54) is 0 Å². The summed E-state index contributed by atoms with van der Waals surface area (Å²) in [5.41, 5.74) is 0. The minimum absolute atomic E-state index is 0. The zero-order valence-corrected chi connectivity index (χ0v) is 13.0. The van der Waals surface area contributed by atoms with Crippen molar-refractivity contribution in [2.24, 2.45) is 0 Å². The first kappa shape index (κ1) is 17.8. The first-order valence-corrected chi connectivity index (χ1v) is 6.69. The molecule has 1 aromatic rings. The van der Waals surface area contributed by atoms with Gasteiger partial charge in [0.2, 0.25) is 0 Å². The van der Waals surface area contributed by atoms with E-state index in [1.807, 2.05) is 13.1 Å². The van der Waals surface area contributed by atoms with Gasteiger partial charge >= 0.3 is 0 Å². The van der Waals surface area contributed by atoms with Gasteiger partial charge in [0.1, 0.15) is 5.75 Å². The molecule has 0 aromatic heterocycles. The highest BCUT2D eigenvalue weighted by Crippen LogP contribution is 2.29. The minimum atomic E-state index is 0. The molecule has 1 rings (SSSR count). The molecule has 1 aromatic carbocycles. The third-order valence-corrected chi connectivity index (χ3v) is 3.04. The van der Waals surface area contributed by atoms with Gasteiger partial charge in [0.05, 0.1) is 11.1 Å². The molecule has 0 aliphatic heterocycles. The minimum Gasteiger partial charge on any atom is -0.489 e. The normalized spacial score (nSPS) is 11.8. The second-order valence-electron chi connectivity index (χ2n) is 4.00. The van der Waals surface area contributed by atoms with Gasteiger partial charge < -0.3 is 10.1 Å². The van der Waals surface area contributed by atoms with Crippen LogP contribution in [0.1, 0.15) is 26.2 Å². The Kier molecular flexibility index (Phi) is 9.66. The van der Waals surface area contributed by atoms with Gasteiger partial charge in [-0.15, -0.1) is 12.4 Å². The first-order valence-electron chi connectivity index (χ1n) is 5.93. The molecule has 1 unspecified atom stereocenters. The highest BCUT2D eigenvalue weighted by molar-refractivity contribution is 6.35. The maximum absolute atomic E-state index is 6.08. The Bertz CT molecular complexity index is 347. The van der Waals surface area contributed by atoms with Crippen LogP contribution in [-0.4, -0.2) is 19.7 Å². The Morgan fingerprint density at radius 3 is 2.56 bits per heavy atom. The quantitative estimate of drug-likeness (QED) is 0.796. The molecule has 18 heavy (non-hydrogen) atoms. The van der Waals surface area contributed by atoms with Crippen LogP contribution in [0.5, 0.6) is 5.75 Å². The van der Waals surface area contributed by atoms with Gasteiger partial charge in [0.15, 0.2) is 0 Å². The predicted molar refractivity (Wildman–Crippen MR) is 81.6 cm³/mol. The third kappa shape index (κ3) is 6.14. The van der Waals surface area contributed by atoms with E-state index >= 15 is 0 Å².